The highest BCUT2D eigenvalue weighted by Crippen LogP contribution is 2.17. The lowest BCUT2D eigenvalue weighted by atomic mass is 10.1. The molecule has 0 atom stereocenters. The van der Waals surface area contributed by atoms with E-state index in [1.807, 2.05) is 18.2 Å². The first-order chi connectivity index (χ1) is 8.75. The molecule has 0 aliphatic carbocycles. The molecule has 1 saturated heterocycles. The Morgan fingerprint density at radius 2 is 2.17 bits per heavy atom. The quantitative estimate of drug-likeness (QED) is 0.831. The Morgan fingerprint density at radius 1 is 1.39 bits per heavy atom. The van der Waals surface area contributed by atoms with Crippen LogP contribution in [0.15, 0.2) is 30.3 Å². The first kappa shape index (κ1) is 12.6. The van der Waals surface area contributed by atoms with Gasteiger partial charge >= 0.3 is 0 Å². The lowest BCUT2D eigenvalue weighted by Crippen LogP contribution is -2.43. The molecule has 2 rings (SSSR count). The van der Waals surface area contributed by atoms with Gasteiger partial charge in [0.05, 0.1) is 0 Å². The van der Waals surface area contributed by atoms with Crippen molar-refractivity contribution in [2.75, 3.05) is 31.1 Å². The number of carbonyl (C=O) groups excluding carboxylic acids is 1. The maximum Gasteiger partial charge on any atom is 0.221 e. The zero-order chi connectivity index (χ0) is 12.8. The van der Waals surface area contributed by atoms with Gasteiger partial charge in [-0.1, -0.05) is 24.3 Å². The minimum atomic E-state index is -0.301. The second-order valence-corrected chi connectivity index (χ2v) is 4.40. The third-order valence-electron chi connectivity index (χ3n) is 2.98. The molecule has 1 aliphatic rings. The molecule has 4 heteroatoms. The van der Waals surface area contributed by atoms with E-state index in [9.17, 15) is 4.79 Å². The molecule has 0 aromatic heterocycles. The van der Waals surface area contributed by atoms with E-state index < -0.39 is 0 Å². The number of benzene rings is 1. The molecule has 0 unspecified atom stereocenters. The number of hydrogen-bond acceptors (Lipinski definition) is 3. The third-order valence-corrected chi connectivity index (χ3v) is 2.98. The number of piperazine rings is 1. The van der Waals surface area contributed by atoms with Crippen LogP contribution in [0.4, 0.5) is 5.69 Å². The molecule has 1 aromatic rings. The Balaban J connectivity index is 2.04. The lowest BCUT2D eigenvalue weighted by Gasteiger charge is -2.29. The Labute approximate surface area is 107 Å². The summed E-state index contributed by atoms with van der Waals surface area (Å²) in [4.78, 5) is 13.0. The van der Waals surface area contributed by atoms with E-state index in [0.717, 1.165) is 31.7 Å². The standard InChI is InChI=1S/C14H19N3O/c15-14(18)6-2-4-12-3-1-5-13(11-12)17-9-7-16-8-10-17/h1-5,11,16H,6-10H2,(H2,15,18). The van der Waals surface area contributed by atoms with E-state index in [0.29, 0.717) is 0 Å². The van der Waals surface area contributed by atoms with Gasteiger partial charge in [0.2, 0.25) is 5.91 Å². The van der Waals surface area contributed by atoms with Crippen molar-refractivity contribution in [1.82, 2.24) is 5.32 Å². The molecule has 1 aliphatic heterocycles. The molecule has 4 nitrogen and oxygen atoms in total. The van der Waals surface area contributed by atoms with E-state index in [-0.39, 0.29) is 12.3 Å². The minimum absolute atomic E-state index is 0.290. The van der Waals surface area contributed by atoms with E-state index >= 15 is 0 Å². The SMILES string of the molecule is NC(=O)CC=Cc1cccc(N2CCNCC2)c1. The second kappa shape index (κ2) is 6.21. The van der Waals surface area contributed by atoms with Gasteiger partial charge in [0, 0.05) is 38.3 Å². The highest BCUT2D eigenvalue weighted by atomic mass is 16.1. The molecule has 0 radical (unpaired) electrons. The summed E-state index contributed by atoms with van der Waals surface area (Å²) in [6.45, 7) is 4.13. The molecule has 18 heavy (non-hydrogen) atoms. The number of primary amides is 1. The molecule has 1 amide bonds. The number of amides is 1. The van der Waals surface area contributed by atoms with Crippen LogP contribution in [0.5, 0.6) is 0 Å². The zero-order valence-corrected chi connectivity index (χ0v) is 10.4. The van der Waals surface area contributed by atoms with Gasteiger partial charge in [0.1, 0.15) is 0 Å². The summed E-state index contributed by atoms with van der Waals surface area (Å²) >= 11 is 0. The largest absolute Gasteiger partial charge is 0.369 e. The van der Waals surface area contributed by atoms with Crippen molar-refractivity contribution < 1.29 is 4.79 Å². The summed E-state index contributed by atoms with van der Waals surface area (Å²) in [5, 5.41) is 3.34. The number of nitrogens with one attached hydrogen (secondary N) is 1. The Hall–Kier alpha value is -1.81. The molecule has 0 spiro atoms. The number of hydrogen-bond donors (Lipinski definition) is 2. The molecular weight excluding hydrogens is 226 g/mol. The van der Waals surface area contributed by atoms with Crippen molar-refractivity contribution in [3.8, 4) is 0 Å². The molecule has 0 bridgehead atoms. The van der Waals surface area contributed by atoms with Gasteiger partial charge in [-0.05, 0) is 17.7 Å². The van der Waals surface area contributed by atoms with Crippen LogP contribution in [0.2, 0.25) is 0 Å². The number of anilines is 1. The number of nitrogens with zero attached hydrogens (tertiary/aromatic N) is 1. The summed E-state index contributed by atoms with van der Waals surface area (Å²) in [5.74, 6) is -0.301. The van der Waals surface area contributed by atoms with E-state index in [1.54, 1.807) is 6.08 Å². The fraction of sp³-hybridized carbons (Fsp3) is 0.357. The average molecular weight is 245 g/mol. The molecular formula is C14H19N3O. The van der Waals surface area contributed by atoms with Crippen LogP contribution in [0.3, 0.4) is 0 Å². The first-order valence-corrected chi connectivity index (χ1v) is 6.26. The van der Waals surface area contributed by atoms with Gasteiger partial charge in [0.25, 0.3) is 0 Å². The highest BCUT2D eigenvalue weighted by Gasteiger charge is 2.09. The van der Waals surface area contributed by atoms with Crippen molar-refractivity contribution in [1.29, 1.82) is 0 Å². The van der Waals surface area contributed by atoms with Crippen LogP contribution in [0, 0.1) is 0 Å². The molecule has 1 aromatic carbocycles. The van der Waals surface area contributed by atoms with Crippen LogP contribution in [-0.4, -0.2) is 32.1 Å². The molecule has 3 N–H and O–H groups in total. The molecule has 1 fully saturated rings. The second-order valence-electron chi connectivity index (χ2n) is 4.40. The Morgan fingerprint density at radius 3 is 2.89 bits per heavy atom. The summed E-state index contributed by atoms with van der Waals surface area (Å²) in [7, 11) is 0. The molecule has 0 saturated carbocycles. The third kappa shape index (κ3) is 3.60. The van der Waals surface area contributed by atoms with Crippen molar-refractivity contribution >= 4 is 17.7 Å². The summed E-state index contributed by atoms with van der Waals surface area (Å²) in [6.07, 6.45) is 4.04. The highest BCUT2D eigenvalue weighted by molar-refractivity contribution is 5.76. The maximum absolute atomic E-state index is 10.7. The van der Waals surface area contributed by atoms with Crippen molar-refractivity contribution in [2.45, 2.75) is 6.42 Å². The van der Waals surface area contributed by atoms with Crippen LogP contribution in [0.25, 0.3) is 6.08 Å². The van der Waals surface area contributed by atoms with Gasteiger partial charge in [-0.3, -0.25) is 4.79 Å². The normalized spacial score (nSPS) is 16.1. The Bertz CT molecular complexity index is 436. The predicted molar refractivity (Wildman–Crippen MR) is 74.4 cm³/mol. The first-order valence-electron chi connectivity index (χ1n) is 6.26. The van der Waals surface area contributed by atoms with Crippen molar-refractivity contribution in [3.05, 3.63) is 35.9 Å². The molecule has 96 valence electrons. The van der Waals surface area contributed by atoms with Crippen molar-refractivity contribution in [2.24, 2.45) is 5.73 Å². The average Bonchev–Trinajstić information content (AvgIpc) is 2.40. The van der Waals surface area contributed by atoms with Gasteiger partial charge in [-0.2, -0.15) is 0 Å². The Kier molecular flexibility index (Phi) is 4.36. The zero-order valence-electron chi connectivity index (χ0n) is 10.4. The number of nitrogens with two attached hydrogens (primary N) is 1. The fourth-order valence-corrected chi connectivity index (χ4v) is 2.06. The fourth-order valence-electron chi connectivity index (χ4n) is 2.06. The topological polar surface area (TPSA) is 58.4 Å². The minimum Gasteiger partial charge on any atom is -0.369 e. The summed E-state index contributed by atoms with van der Waals surface area (Å²) in [6, 6.07) is 8.34. The summed E-state index contributed by atoms with van der Waals surface area (Å²) in [5.41, 5.74) is 7.44. The van der Waals surface area contributed by atoms with Gasteiger partial charge in [-0.15, -0.1) is 0 Å². The summed E-state index contributed by atoms with van der Waals surface area (Å²) < 4.78 is 0. The number of carbonyl (C=O) groups is 1. The van der Waals surface area contributed by atoms with Gasteiger partial charge < -0.3 is 16.0 Å². The van der Waals surface area contributed by atoms with Crippen LogP contribution in [-0.2, 0) is 4.79 Å². The van der Waals surface area contributed by atoms with Crippen molar-refractivity contribution in [3.63, 3.8) is 0 Å². The smallest absolute Gasteiger partial charge is 0.221 e. The number of rotatable bonds is 4. The van der Waals surface area contributed by atoms with Crippen LogP contribution < -0.4 is 16.0 Å². The van der Waals surface area contributed by atoms with E-state index in [1.165, 1.54) is 5.69 Å². The van der Waals surface area contributed by atoms with Gasteiger partial charge in [-0.25, -0.2) is 0 Å². The predicted octanol–water partition coefficient (Wildman–Crippen LogP) is 0.985. The lowest BCUT2D eigenvalue weighted by molar-refractivity contribution is -0.117. The van der Waals surface area contributed by atoms with E-state index in [4.69, 9.17) is 5.73 Å². The van der Waals surface area contributed by atoms with E-state index in [2.05, 4.69) is 22.3 Å². The van der Waals surface area contributed by atoms with Gasteiger partial charge in [0.15, 0.2) is 0 Å². The van der Waals surface area contributed by atoms with Crippen LogP contribution >= 0.6 is 0 Å². The molecule has 1 heterocycles. The van der Waals surface area contributed by atoms with Crippen LogP contribution in [0.1, 0.15) is 12.0 Å². The maximum atomic E-state index is 10.7. The monoisotopic (exact) mass is 245 g/mol.